The van der Waals surface area contributed by atoms with Crippen LogP contribution in [0.4, 0.5) is 26.5 Å². The molecule has 2 rings (SSSR count). The molecular formula is C24H35FN6O5. The second-order valence-electron chi connectivity index (χ2n) is 9.02. The summed E-state index contributed by atoms with van der Waals surface area (Å²) >= 11 is 0. The summed E-state index contributed by atoms with van der Waals surface area (Å²) in [7, 11) is 1.56. The van der Waals surface area contributed by atoms with Gasteiger partial charge in [0.25, 0.3) is 5.91 Å². The Balaban J connectivity index is 2.24. The highest BCUT2D eigenvalue weighted by Gasteiger charge is 2.24. The Hall–Kier alpha value is -3.67. The van der Waals surface area contributed by atoms with Crippen LogP contribution in [0.2, 0.25) is 0 Å². The lowest BCUT2D eigenvalue weighted by Crippen LogP contribution is -2.47. The summed E-state index contributed by atoms with van der Waals surface area (Å²) in [5.74, 6) is -1.38. The van der Waals surface area contributed by atoms with E-state index in [-0.39, 0.29) is 23.2 Å². The summed E-state index contributed by atoms with van der Waals surface area (Å²) in [5.41, 5.74) is 5.16. The van der Waals surface area contributed by atoms with E-state index in [4.69, 9.17) is 19.9 Å². The van der Waals surface area contributed by atoms with E-state index in [1.165, 1.54) is 6.20 Å². The van der Waals surface area contributed by atoms with Crippen LogP contribution in [0, 0.1) is 5.82 Å². The Morgan fingerprint density at radius 2 is 1.92 bits per heavy atom. The molecule has 0 fully saturated rings. The molecule has 2 heterocycles. The van der Waals surface area contributed by atoms with Gasteiger partial charge in [0, 0.05) is 31.1 Å². The molecule has 0 aliphatic rings. The molecule has 0 aromatic carbocycles. The third-order valence-electron chi connectivity index (χ3n) is 4.89. The highest BCUT2D eigenvalue weighted by atomic mass is 19.1. The molecule has 0 radical (unpaired) electrons. The SMILES string of the molecule is CC[C@H](NC(=O)OC(C)(C)C)[C@@H](C)Nc1nc(Nc2ccnc(OCCOC)c2)c(C(N)=O)cc1F. The summed E-state index contributed by atoms with van der Waals surface area (Å²) in [5, 5.41) is 8.72. The number of hydrogen-bond acceptors (Lipinski definition) is 9. The molecule has 2 aromatic rings. The zero-order valence-corrected chi connectivity index (χ0v) is 21.5. The Kier molecular flexibility index (Phi) is 10.2. The molecule has 12 heteroatoms. The summed E-state index contributed by atoms with van der Waals surface area (Å²) < 4.78 is 30.6. The number of anilines is 3. The van der Waals surface area contributed by atoms with Crippen molar-refractivity contribution < 1.29 is 28.2 Å². The number of nitrogens with zero attached hydrogens (tertiary/aromatic N) is 2. The van der Waals surface area contributed by atoms with Crippen LogP contribution >= 0.6 is 0 Å². The van der Waals surface area contributed by atoms with Gasteiger partial charge < -0.3 is 35.9 Å². The van der Waals surface area contributed by atoms with Gasteiger partial charge in [-0.15, -0.1) is 0 Å². The number of ether oxygens (including phenoxy) is 3. The summed E-state index contributed by atoms with van der Waals surface area (Å²) in [6, 6.07) is 3.41. The number of alkyl carbamates (subject to hydrolysis) is 1. The van der Waals surface area contributed by atoms with Crippen molar-refractivity contribution >= 4 is 29.3 Å². The number of primary amides is 1. The van der Waals surface area contributed by atoms with Crippen LogP contribution in [0.25, 0.3) is 0 Å². The molecule has 2 amide bonds. The van der Waals surface area contributed by atoms with Crippen molar-refractivity contribution in [3.05, 3.63) is 35.8 Å². The van der Waals surface area contributed by atoms with Crippen LogP contribution in [0.3, 0.4) is 0 Å². The molecule has 36 heavy (non-hydrogen) atoms. The molecule has 198 valence electrons. The van der Waals surface area contributed by atoms with E-state index < -0.39 is 29.5 Å². The molecule has 0 saturated heterocycles. The van der Waals surface area contributed by atoms with Gasteiger partial charge in [0.15, 0.2) is 11.6 Å². The largest absolute Gasteiger partial charge is 0.475 e. The van der Waals surface area contributed by atoms with E-state index in [2.05, 4.69) is 25.9 Å². The van der Waals surface area contributed by atoms with E-state index in [1.807, 2.05) is 6.92 Å². The number of aromatic nitrogens is 2. The standard InChI is InChI=1S/C24H35FN6O5/c1-7-18(30-23(33)36-24(3,4)5)14(2)28-22-17(25)13-16(20(26)32)21(31-22)29-15-8-9-27-19(12-15)35-11-10-34-6/h8-9,12-14,18H,7,10-11H2,1-6H3,(H2,26,32)(H,30,33)(H2,27,28,29,31)/t14-,18+/m1/s1. The molecule has 0 saturated carbocycles. The monoisotopic (exact) mass is 506 g/mol. The van der Waals surface area contributed by atoms with Crippen molar-refractivity contribution in [2.45, 2.75) is 58.7 Å². The number of hydrogen-bond donors (Lipinski definition) is 4. The smallest absolute Gasteiger partial charge is 0.407 e. The maximum Gasteiger partial charge on any atom is 0.407 e. The minimum Gasteiger partial charge on any atom is -0.475 e. The highest BCUT2D eigenvalue weighted by molar-refractivity contribution is 5.98. The van der Waals surface area contributed by atoms with Crippen LogP contribution in [-0.4, -0.2) is 60.0 Å². The predicted molar refractivity (Wildman–Crippen MR) is 134 cm³/mol. The molecule has 0 spiro atoms. The fourth-order valence-electron chi connectivity index (χ4n) is 3.16. The fourth-order valence-corrected chi connectivity index (χ4v) is 3.16. The molecule has 5 N–H and O–H groups in total. The summed E-state index contributed by atoms with van der Waals surface area (Å²) in [6.45, 7) is 9.63. The second-order valence-corrected chi connectivity index (χ2v) is 9.02. The van der Waals surface area contributed by atoms with Crippen molar-refractivity contribution in [2.75, 3.05) is 31.0 Å². The zero-order valence-electron chi connectivity index (χ0n) is 21.5. The number of methoxy groups -OCH3 is 1. The van der Waals surface area contributed by atoms with Crippen molar-refractivity contribution in [3.63, 3.8) is 0 Å². The summed E-state index contributed by atoms with van der Waals surface area (Å²) in [4.78, 5) is 32.6. The van der Waals surface area contributed by atoms with Gasteiger partial charge in [-0.25, -0.2) is 19.2 Å². The van der Waals surface area contributed by atoms with Crippen LogP contribution < -0.4 is 26.4 Å². The zero-order chi connectivity index (χ0) is 26.9. The van der Waals surface area contributed by atoms with E-state index >= 15 is 0 Å². The molecule has 0 unspecified atom stereocenters. The van der Waals surface area contributed by atoms with Gasteiger partial charge in [0.1, 0.15) is 18.0 Å². The highest BCUT2D eigenvalue weighted by Crippen LogP contribution is 2.26. The molecular weight excluding hydrogens is 471 g/mol. The Morgan fingerprint density at radius 3 is 2.53 bits per heavy atom. The number of rotatable bonds is 12. The van der Waals surface area contributed by atoms with Gasteiger partial charge in [-0.05, 0) is 46.2 Å². The molecule has 2 atom stereocenters. The number of amides is 2. The van der Waals surface area contributed by atoms with Crippen molar-refractivity contribution in [2.24, 2.45) is 5.73 Å². The molecule has 0 bridgehead atoms. The van der Waals surface area contributed by atoms with Gasteiger partial charge in [-0.1, -0.05) is 6.92 Å². The quantitative estimate of drug-likeness (QED) is 0.317. The first kappa shape index (κ1) is 28.6. The topological polar surface area (TPSA) is 150 Å². The fraction of sp³-hybridized carbons (Fsp3) is 0.500. The number of carbonyl (C=O) groups excluding carboxylic acids is 2. The van der Waals surface area contributed by atoms with E-state index in [0.29, 0.717) is 31.2 Å². The Morgan fingerprint density at radius 1 is 1.19 bits per heavy atom. The van der Waals surface area contributed by atoms with E-state index in [9.17, 15) is 14.0 Å². The minimum atomic E-state index is -0.854. The normalized spacial score (nSPS) is 12.9. The molecule has 11 nitrogen and oxygen atoms in total. The number of halogens is 1. The molecule has 2 aromatic heterocycles. The summed E-state index contributed by atoms with van der Waals surface area (Å²) in [6.07, 6.45) is 1.47. The third-order valence-corrected chi connectivity index (χ3v) is 4.89. The average Bonchev–Trinajstić information content (AvgIpc) is 2.78. The van der Waals surface area contributed by atoms with Gasteiger partial charge in [-0.2, -0.15) is 0 Å². The second kappa shape index (κ2) is 12.9. The average molecular weight is 507 g/mol. The van der Waals surface area contributed by atoms with Crippen LogP contribution in [0.1, 0.15) is 51.4 Å². The van der Waals surface area contributed by atoms with Gasteiger partial charge in [0.05, 0.1) is 18.2 Å². The van der Waals surface area contributed by atoms with Crippen LogP contribution in [0.5, 0.6) is 5.88 Å². The first-order valence-electron chi connectivity index (χ1n) is 11.5. The van der Waals surface area contributed by atoms with Crippen molar-refractivity contribution in [1.82, 2.24) is 15.3 Å². The molecule has 0 aliphatic carbocycles. The Bertz CT molecular complexity index is 1050. The van der Waals surface area contributed by atoms with Crippen molar-refractivity contribution in [1.29, 1.82) is 0 Å². The van der Waals surface area contributed by atoms with Crippen LogP contribution in [-0.2, 0) is 9.47 Å². The number of pyridine rings is 2. The van der Waals surface area contributed by atoms with E-state index in [1.54, 1.807) is 46.9 Å². The maximum atomic E-state index is 14.9. The first-order chi connectivity index (χ1) is 16.9. The van der Waals surface area contributed by atoms with Crippen LogP contribution in [0.15, 0.2) is 24.4 Å². The number of carbonyl (C=O) groups is 2. The van der Waals surface area contributed by atoms with Crippen molar-refractivity contribution in [3.8, 4) is 5.88 Å². The maximum absolute atomic E-state index is 14.9. The van der Waals surface area contributed by atoms with Gasteiger partial charge >= 0.3 is 6.09 Å². The van der Waals surface area contributed by atoms with E-state index in [0.717, 1.165) is 6.07 Å². The number of nitrogens with two attached hydrogens (primary N) is 1. The number of nitrogens with one attached hydrogen (secondary N) is 3. The first-order valence-corrected chi connectivity index (χ1v) is 11.5. The minimum absolute atomic E-state index is 0.0424. The third kappa shape index (κ3) is 8.84. The Labute approximate surface area is 210 Å². The lowest BCUT2D eigenvalue weighted by molar-refractivity contribution is 0.0498. The lowest BCUT2D eigenvalue weighted by atomic mass is 10.1. The molecule has 0 aliphatic heterocycles. The predicted octanol–water partition coefficient (Wildman–Crippen LogP) is 3.59. The lowest BCUT2D eigenvalue weighted by Gasteiger charge is -2.27. The van der Waals surface area contributed by atoms with Gasteiger partial charge in [0.2, 0.25) is 5.88 Å². The van der Waals surface area contributed by atoms with Gasteiger partial charge in [-0.3, -0.25) is 4.79 Å².